The summed E-state index contributed by atoms with van der Waals surface area (Å²) in [6, 6.07) is 17.9. The maximum atomic E-state index is 11.9. The third-order valence-electron chi connectivity index (χ3n) is 3.42. The van der Waals surface area contributed by atoms with Gasteiger partial charge in [-0.1, -0.05) is 48.5 Å². The van der Waals surface area contributed by atoms with Gasteiger partial charge in [0.2, 0.25) is 0 Å². The summed E-state index contributed by atoms with van der Waals surface area (Å²) in [5.41, 5.74) is 1.40. The van der Waals surface area contributed by atoms with Crippen LogP contribution in [0.2, 0.25) is 0 Å². The number of hydrogen-bond donors (Lipinski definition) is 2. The van der Waals surface area contributed by atoms with E-state index in [2.05, 4.69) is 10.6 Å². The van der Waals surface area contributed by atoms with Gasteiger partial charge in [0, 0.05) is 12.1 Å². The number of benzene rings is 2. The summed E-state index contributed by atoms with van der Waals surface area (Å²) >= 11 is 0. The van der Waals surface area contributed by atoms with Crippen LogP contribution in [0.25, 0.3) is 0 Å². The Morgan fingerprint density at radius 3 is 2.16 bits per heavy atom. The van der Waals surface area contributed by atoms with E-state index in [9.17, 15) is 14.4 Å². The smallest absolute Gasteiger partial charge is 0.326 e. The number of rotatable bonds is 7. The molecule has 25 heavy (non-hydrogen) atoms. The molecule has 1 unspecified atom stereocenters. The van der Waals surface area contributed by atoms with Gasteiger partial charge in [-0.25, -0.2) is 0 Å². The van der Waals surface area contributed by atoms with E-state index in [1.807, 2.05) is 30.3 Å². The molecule has 0 heterocycles. The SMILES string of the molecule is CC(OC(=O)CNC(=O)c1ccccc1)C(=O)NCc1ccccc1. The summed E-state index contributed by atoms with van der Waals surface area (Å²) in [5.74, 6) is -1.45. The second kappa shape index (κ2) is 9.22. The topological polar surface area (TPSA) is 84.5 Å². The zero-order valence-electron chi connectivity index (χ0n) is 13.9. The van der Waals surface area contributed by atoms with Gasteiger partial charge in [0.1, 0.15) is 6.54 Å². The van der Waals surface area contributed by atoms with Crippen molar-refractivity contribution in [2.24, 2.45) is 0 Å². The first-order valence-corrected chi connectivity index (χ1v) is 7.90. The third kappa shape index (κ3) is 6.10. The average molecular weight is 340 g/mol. The lowest BCUT2D eigenvalue weighted by atomic mass is 10.2. The first-order chi connectivity index (χ1) is 12.1. The molecule has 2 rings (SSSR count). The molecule has 1 atom stereocenters. The van der Waals surface area contributed by atoms with E-state index in [4.69, 9.17) is 4.74 Å². The number of nitrogens with one attached hydrogen (secondary N) is 2. The van der Waals surface area contributed by atoms with E-state index < -0.39 is 18.0 Å². The quantitative estimate of drug-likeness (QED) is 0.751. The van der Waals surface area contributed by atoms with Gasteiger partial charge in [0.05, 0.1) is 0 Å². The number of carbonyl (C=O) groups excluding carboxylic acids is 3. The highest BCUT2D eigenvalue weighted by Gasteiger charge is 2.18. The minimum absolute atomic E-state index is 0.302. The fraction of sp³-hybridized carbons (Fsp3) is 0.211. The van der Waals surface area contributed by atoms with E-state index in [-0.39, 0.29) is 12.5 Å². The summed E-state index contributed by atoms with van der Waals surface area (Å²) < 4.78 is 5.02. The molecule has 2 amide bonds. The lowest BCUT2D eigenvalue weighted by molar-refractivity contribution is -0.153. The Labute approximate surface area is 146 Å². The first kappa shape index (κ1) is 18.2. The van der Waals surface area contributed by atoms with Crippen molar-refractivity contribution in [2.45, 2.75) is 19.6 Å². The molecule has 0 fully saturated rings. The number of amides is 2. The number of hydrogen-bond acceptors (Lipinski definition) is 4. The lowest BCUT2D eigenvalue weighted by Crippen LogP contribution is -2.38. The molecule has 0 aliphatic heterocycles. The molecule has 0 saturated carbocycles. The van der Waals surface area contributed by atoms with Gasteiger partial charge >= 0.3 is 5.97 Å². The number of carbonyl (C=O) groups is 3. The van der Waals surface area contributed by atoms with Crippen LogP contribution in [-0.4, -0.2) is 30.4 Å². The van der Waals surface area contributed by atoms with E-state index in [1.54, 1.807) is 30.3 Å². The van der Waals surface area contributed by atoms with Crippen molar-refractivity contribution in [1.29, 1.82) is 0 Å². The zero-order chi connectivity index (χ0) is 18.1. The molecule has 2 aromatic rings. The minimum atomic E-state index is -0.940. The maximum Gasteiger partial charge on any atom is 0.326 e. The van der Waals surface area contributed by atoms with Gasteiger partial charge in [-0.15, -0.1) is 0 Å². The van der Waals surface area contributed by atoms with Crippen molar-refractivity contribution in [2.75, 3.05) is 6.54 Å². The Kier molecular flexibility index (Phi) is 6.71. The second-order valence-electron chi connectivity index (χ2n) is 5.38. The Morgan fingerprint density at radius 1 is 0.920 bits per heavy atom. The molecule has 0 radical (unpaired) electrons. The van der Waals surface area contributed by atoms with Crippen LogP contribution in [0.3, 0.4) is 0 Å². The highest BCUT2D eigenvalue weighted by atomic mass is 16.5. The van der Waals surface area contributed by atoms with E-state index in [0.29, 0.717) is 12.1 Å². The summed E-state index contributed by atoms with van der Waals surface area (Å²) in [5, 5.41) is 5.15. The van der Waals surface area contributed by atoms with Gasteiger partial charge in [-0.3, -0.25) is 14.4 Å². The first-order valence-electron chi connectivity index (χ1n) is 7.90. The fourth-order valence-corrected chi connectivity index (χ4v) is 2.07. The van der Waals surface area contributed by atoms with Crippen LogP contribution in [0.15, 0.2) is 60.7 Å². The van der Waals surface area contributed by atoms with Crippen LogP contribution in [0.1, 0.15) is 22.8 Å². The standard InChI is InChI=1S/C19H20N2O4/c1-14(18(23)20-12-15-8-4-2-5-9-15)25-17(22)13-21-19(24)16-10-6-3-7-11-16/h2-11,14H,12-13H2,1H3,(H,20,23)(H,21,24). The van der Waals surface area contributed by atoms with Crippen molar-refractivity contribution in [3.8, 4) is 0 Å². The third-order valence-corrected chi connectivity index (χ3v) is 3.42. The van der Waals surface area contributed by atoms with Crippen molar-refractivity contribution >= 4 is 17.8 Å². The van der Waals surface area contributed by atoms with Crippen molar-refractivity contribution in [3.05, 3.63) is 71.8 Å². The Balaban J connectivity index is 1.72. The summed E-state index contributed by atoms with van der Waals surface area (Å²) in [4.78, 5) is 35.5. The Bertz CT molecular complexity index is 717. The number of ether oxygens (including phenoxy) is 1. The van der Waals surface area contributed by atoms with Crippen molar-refractivity contribution in [3.63, 3.8) is 0 Å². The molecule has 2 aromatic carbocycles. The molecule has 6 heteroatoms. The molecule has 2 N–H and O–H groups in total. The van der Waals surface area contributed by atoms with Crippen LogP contribution in [0, 0.1) is 0 Å². The van der Waals surface area contributed by atoms with E-state index in [1.165, 1.54) is 6.92 Å². The summed E-state index contributed by atoms with van der Waals surface area (Å²) in [6.07, 6.45) is -0.940. The van der Waals surface area contributed by atoms with Crippen LogP contribution < -0.4 is 10.6 Å². The van der Waals surface area contributed by atoms with Gasteiger partial charge in [-0.05, 0) is 24.6 Å². The van der Waals surface area contributed by atoms with Crippen LogP contribution in [0.5, 0.6) is 0 Å². The lowest BCUT2D eigenvalue weighted by Gasteiger charge is -2.14. The largest absolute Gasteiger partial charge is 0.451 e. The van der Waals surface area contributed by atoms with Crippen LogP contribution in [-0.2, 0) is 20.9 Å². The molecule has 130 valence electrons. The monoisotopic (exact) mass is 340 g/mol. The molecule has 0 aliphatic rings. The second-order valence-corrected chi connectivity index (χ2v) is 5.38. The number of esters is 1. The molecule has 0 spiro atoms. The van der Waals surface area contributed by atoms with E-state index >= 15 is 0 Å². The molecule has 0 saturated heterocycles. The predicted octanol–water partition coefficient (Wildman–Crippen LogP) is 1.66. The molecular weight excluding hydrogens is 320 g/mol. The molecule has 0 bridgehead atoms. The van der Waals surface area contributed by atoms with E-state index in [0.717, 1.165) is 5.56 Å². The average Bonchev–Trinajstić information content (AvgIpc) is 2.65. The predicted molar refractivity (Wildman–Crippen MR) is 92.6 cm³/mol. The Hall–Kier alpha value is -3.15. The van der Waals surface area contributed by atoms with Crippen LogP contribution >= 0.6 is 0 Å². The highest BCUT2D eigenvalue weighted by Crippen LogP contribution is 2.00. The summed E-state index contributed by atoms with van der Waals surface area (Å²) in [7, 11) is 0. The fourth-order valence-electron chi connectivity index (χ4n) is 2.07. The molecular formula is C19H20N2O4. The van der Waals surface area contributed by atoms with Crippen molar-refractivity contribution in [1.82, 2.24) is 10.6 Å². The van der Waals surface area contributed by atoms with Gasteiger partial charge in [0.25, 0.3) is 11.8 Å². The Morgan fingerprint density at radius 2 is 1.52 bits per heavy atom. The minimum Gasteiger partial charge on any atom is -0.451 e. The van der Waals surface area contributed by atoms with Gasteiger partial charge < -0.3 is 15.4 Å². The summed E-state index contributed by atoms with van der Waals surface area (Å²) in [6.45, 7) is 1.54. The molecule has 0 aromatic heterocycles. The van der Waals surface area contributed by atoms with Crippen molar-refractivity contribution < 1.29 is 19.1 Å². The molecule has 6 nitrogen and oxygen atoms in total. The normalized spacial score (nSPS) is 11.2. The van der Waals surface area contributed by atoms with Gasteiger partial charge in [0.15, 0.2) is 6.10 Å². The highest BCUT2D eigenvalue weighted by molar-refractivity contribution is 5.96. The van der Waals surface area contributed by atoms with Crippen LogP contribution in [0.4, 0.5) is 0 Å². The molecule has 0 aliphatic carbocycles. The maximum absolute atomic E-state index is 11.9. The van der Waals surface area contributed by atoms with Gasteiger partial charge in [-0.2, -0.15) is 0 Å². The zero-order valence-corrected chi connectivity index (χ0v) is 13.9.